The molecular weight excluding hydrogens is 504 g/mol. The van der Waals surface area contributed by atoms with E-state index in [0.29, 0.717) is 26.2 Å². The van der Waals surface area contributed by atoms with Crippen molar-refractivity contribution in [3.8, 4) is 0 Å². The molecule has 3 fully saturated rings. The second-order valence-corrected chi connectivity index (χ2v) is 11.5. The van der Waals surface area contributed by atoms with E-state index < -0.39 is 11.6 Å². The minimum Gasteiger partial charge on any atom is -0.339 e. The van der Waals surface area contributed by atoms with Crippen LogP contribution in [0.4, 0.5) is 4.79 Å². The number of piperazine rings is 2. The van der Waals surface area contributed by atoms with Crippen molar-refractivity contribution in [1.82, 2.24) is 30.2 Å². The van der Waals surface area contributed by atoms with Gasteiger partial charge in [-0.2, -0.15) is 0 Å². The summed E-state index contributed by atoms with van der Waals surface area (Å²) in [6, 6.07) is 20.2. The largest absolute Gasteiger partial charge is 0.339 e. The Morgan fingerprint density at radius 2 is 1.20 bits per heavy atom. The lowest BCUT2D eigenvalue weighted by Crippen LogP contribution is -2.63. The van der Waals surface area contributed by atoms with E-state index in [9.17, 15) is 14.4 Å². The standard InChI is InChI=1S/C31H42N6O3/c1-31(27-12-13-27,29(39)37-20-16-35(17-21-37)24-26-10-6-3-7-11-26)33-30(40)32-22-28(38)36-18-14-34(15-19-36)23-25-8-4-2-5-9-25/h2-11,27H,12-24H2,1H3,(H2,32,33,40)/t31-/m0/s1. The molecule has 2 aromatic carbocycles. The van der Waals surface area contributed by atoms with E-state index in [1.54, 1.807) is 0 Å². The third-order valence-electron chi connectivity index (χ3n) is 8.49. The summed E-state index contributed by atoms with van der Waals surface area (Å²) >= 11 is 0. The van der Waals surface area contributed by atoms with Crippen LogP contribution in [0.5, 0.6) is 0 Å². The first-order valence-electron chi connectivity index (χ1n) is 14.6. The van der Waals surface area contributed by atoms with Crippen LogP contribution in [0.3, 0.4) is 0 Å². The van der Waals surface area contributed by atoms with Gasteiger partial charge in [0.15, 0.2) is 0 Å². The molecule has 40 heavy (non-hydrogen) atoms. The molecule has 1 atom stereocenters. The van der Waals surface area contributed by atoms with Crippen molar-refractivity contribution < 1.29 is 14.4 Å². The van der Waals surface area contributed by atoms with Crippen molar-refractivity contribution >= 4 is 17.8 Å². The SMILES string of the molecule is C[C@@](NC(=O)NCC(=O)N1CCN(Cc2ccccc2)CC1)(C(=O)N1CCN(Cc2ccccc2)CC1)C1CC1. The van der Waals surface area contributed by atoms with E-state index in [4.69, 9.17) is 0 Å². The van der Waals surface area contributed by atoms with Gasteiger partial charge >= 0.3 is 6.03 Å². The highest BCUT2D eigenvalue weighted by Crippen LogP contribution is 2.40. The number of rotatable bonds is 9. The predicted octanol–water partition coefficient (Wildman–Crippen LogP) is 2.14. The molecule has 2 aromatic rings. The van der Waals surface area contributed by atoms with Crippen molar-refractivity contribution in [2.24, 2.45) is 5.92 Å². The molecule has 0 bridgehead atoms. The number of nitrogens with one attached hydrogen (secondary N) is 2. The zero-order valence-corrected chi connectivity index (χ0v) is 23.6. The van der Waals surface area contributed by atoms with E-state index in [2.05, 4.69) is 44.7 Å². The second-order valence-electron chi connectivity index (χ2n) is 11.5. The fraction of sp³-hybridized carbons (Fsp3) is 0.516. The minimum atomic E-state index is -0.961. The molecule has 2 heterocycles. The third kappa shape index (κ3) is 7.20. The summed E-state index contributed by atoms with van der Waals surface area (Å²) in [6.45, 7) is 9.32. The Bertz CT molecular complexity index is 1140. The minimum absolute atomic E-state index is 0.0228. The molecule has 0 unspecified atom stereocenters. The van der Waals surface area contributed by atoms with Gasteiger partial charge in [-0.1, -0.05) is 60.7 Å². The maximum absolute atomic E-state index is 13.6. The number of amides is 4. The van der Waals surface area contributed by atoms with Crippen LogP contribution in [0.1, 0.15) is 30.9 Å². The van der Waals surface area contributed by atoms with Crippen LogP contribution in [-0.2, 0) is 22.7 Å². The monoisotopic (exact) mass is 546 g/mol. The Labute approximate surface area is 237 Å². The molecule has 1 saturated carbocycles. The Morgan fingerprint density at radius 1 is 0.725 bits per heavy atom. The summed E-state index contributed by atoms with van der Waals surface area (Å²) in [5.41, 5.74) is 1.58. The van der Waals surface area contributed by atoms with E-state index in [-0.39, 0.29) is 24.3 Å². The highest BCUT2D eigenvalue weighted by Gasteiger charge is 2.50. The van der Waals surface area contributed by atoms with E-state index in [0.717, 1.165) is 52.1 Å². The second kappa shape index (κ2) is 12.8. The van der Waals surface area contributed by atoms with E-state index >= 15 is 0 Å². The number of hydrogen-bond acceptors (Lipinski definition) is 5. The van der Waals surface area contributed by atoms with Gasteiger partial charge in [-0.15, -0.1) is 0 Å². The maximum atomic E-state index is 13.6. The molecule has 2 saturated heterocycles. The number of carbonyl (C=O) groups excluding carboxylic acids is 3. The van der Waals surface area contributed by atoms with Crippen LogP contribution in [0.25, 0.3) is 0 Å². The highest BCUT2D eigenvalue weighted by atomic mass is 16.2. The predicted molar refractivity (Wildman–Crippen MR) is 154 cm³/mol. The smallest absolute Gasteiger partial charge is 0.316 e. The molecule has 2 N–H and O–H groups in total. The maximum Gasteiger partial charge on any atom is 0.316 e. The van der Waals surface area contributed by atoms with Crippen LogP contribution in [0.2, 0.25) is 0 Å². The van der Waals surface area contributed by atoms with Gasteiger partial charge in [0.25, 0.3) is 0 Å². The zero-order chi connectivity index (χ0) is 28.0. The fourth-order valence-electron chi connectivity index (χ4n) is 5.81. The van der Waals surface area contributed by atoms with Crippen LogP contribution in [0, 0.1) is 5.92 Å². The zero-order valence-electron chi connectivity index (χ0n) is 23.6. The van der Waals surface area contributed by atoms with Crippen molar-refractivity contribution in [1.29, 1.82) is 0 Å². The topological polar surface area (TPSA) is 88.2 Å². The number of carbonyl (C=O) groups is 3. The molecule has 0 radical (unpaired) electrons. The summed E-state index contributed by atoms with van der Waals surface area (Å²) in [6.07, 6.45) is 1.84. The van der Waals surface area contributed by atoms with Gasteiger partial charge < -0.3 is 20.4 Å². The normalized spacial score (nSPS) is 20.0. The molecule has 4 amide bonds. The average Bonchev–Trinajstić information content (AvgIpc) is 3.84. The molecule has 0 spiro atoms. The first kappa shape index (κ1) is 28.1. The molecule has 9 nitrogen and oxygen atoms in total. The van der Waals surface area contributed by atoms with Crippen molar-refractivity contribution in [2.45, 2.75) is 38.4 Å². The van der Waals surface area contributed by atoms with Gasteiger partial charge in [-0.3, -0.25) is 19.4 Å². The Morgan fingerprint density at radius 3 is 1.68 bits per heavy atom. The lowest BCUT2D eigenvalue weighted by molar-refractivity contribution is -0.140. The fourth-order valence-corrected chi connectivity index (χ4v) is 5.81. The van der Waals surface area contributed by atoms with Crippen molar-refractivity contribution in [2.75, 3.05) is 58.9 Å². The molecule has 9 heteroatoms. The van der Waals surface area contributed by atoms with E-state index in [1.165, 1.54) is 11.1 Å². The first-order valence-corrected chi connectivity index (χ1v) is 14.6. The third-order valence-corrected chi connectivity index (χ3v) is 8.49. The molecule has 3 aliphatic rings. The van der Waals surface area contributed by atoms with Crippen LogP contribution in [-0.4, -0.2) is 102 Å². The molecular formula is C31H42N6O3. The van der Waals surface area contributed by atoms with Gasteiger partial charge in [0.2, 0.25) is 11.8 Å². The van der Waals surface area contributed by atoms with Crippen molar-refractivity contribution in [3.05, 3.63) is 71.8 Å². The number of urea groups is 1. The summed E-state index contributed by atoms with van der Waals surface area (Å²) in [7, 11) is 0. The molecule has 0 aromatic heterocycles. The van der Waals surface area contributed by atoms with Crippen LogP contribution >= 0.6 is 0 Å². The van der Waals surface area contributed by atoms with Gasteiger partial charge in [0.1, 0.15) is 5.54 Å². The number of nitrogens with zero attached hydrogens (tertiary/aromatic N) is 4. The summed E-state index contributed by atoms with van der Waals surface area (Å²) in [5.74, 6) is 0.00960. The van der Waals surface area contributed by atoms with Crippen LogP contribution < -0.4 is 10.6 Å². The summed E-state index contributed by atoms with van der Waals surface area (Å²) in [5, 5.41) is 5.69. The molecule has 2 aliphatic heterocycles. The Balaban J connectivity index is 1.06. The van der Waals surface area contributed by atoms with E-state index in [1.807, 2.05) is 53.1 Å². The Hall–Kier alpha value is -3.43. The first-order chi connectivity index (χ1) is 19.4. The number of benzene rings is 2. The van der Waals surface area contributed by atoms with Gasteiger partial charge in [-0.05, 0) is 36.8 Å². The summed E-state index contributed by atoms with van der Waals surface area (Å²) in [4.78, 5) is 47.7. The number of hydrogen-bond donors (Lipinski definition) is 2. The lowest BCUT2D eigenvalue weighted by Gasteiger charge is -2.40. The molecule has 1 aliphatic carbocycles. The molecule has 214 valence electrons. The highest BCUT2D eigenvalue weighted by molar-refractivity contribution is 5.92. The lowest BCUT2D eigenvalue weighted by atomic mass is 9.93. The van der Waals surface area contributed by atoms with Crippen LogP contribution in [0.15, 0.2) is 60.7 Å². The van der Waals surface area contributed by atoms with Gasteiger partial charge in [0.05, 0.1) is 6.54 Å². The Kier molecular flexibility index (Phi) is 9.01. The van der Waals surface area contributed by atoms with Crippen molar-refractivity contribution in [3.63, 3.8) is 0 Å². The van der Waals surface area contributed by atoms with Gasteiger partial charge in [0, 0.05) is 65.4 Å². The van der Waals surface area contributed by atoms with Gasteiger partial charge in [-0.25, -0.2) is 4.79 Å². The molecule has 5 rings (SSSR count). The average molecular weight is 547 g/mol. The quantitative estimate of drug-likeness (QED) is 0.503. The summed E-state index contributed by atoms with van der Waals surface area (Å²) < 4.78 is 0.